The largest absolute Gasteiger partial charge is 0.493 e. The number of aromatic nitrogens is 1. The summed E-state index contributed by atoms with van der Waals surface area (Å²) in [6.07, 6.45) is 13.7. The van der Waals surface area contributed by atoms with Gasteiger partial charge in [0.2, 0.25) is 0 Å². The van der Waals surface area contributed by atoms with Crippen LogP contribution in [0.2, 0.25) is 0 Å². The van der Waals surface area contributed by atoms with Gasteiger partial charge in [0.15, 0.2) is 0 Å². The van der Waals surface area contributed by atoms with E-state index in [0.717, 1.165) is 66.1 Å². The van der Waals surface area contributed by atoms with Crippen LogP contribution in [0.25, 0.3) is 10.9 Å². The van der Waals surface area contributed by atoms with Crippen LogP contribution in [-0.2, 0) is 4.74 Å². The molecule has 2 aromatic rings. The van der Waals surface area contributed by atoms with E-state index in [1.54, 1.807) is 0 Å². The summed E-state index contributed by atoms with van der Waals surface area (Å²) < 4.78 is 13.0. The highest BCUT2D eigenvalue weighted by Gasteiger charge is 2.51. The number of piperidine rings is 3. The molecule has 1 aromatic heterocycles. The van der Waals surface area contributed by atoms with Crippen molar-refractivity contribution in [3.63, 3.8) is 0 Å². The molecule has 41 heavy (non-hydrogen) atoms. The minimum atomic E-state index is -0.394. The summed E-state index contributed by atoms with van der Waals surface area (Å²) in [7, 11) is 0. The maximum Gasteiger partial charge on any atom is 0.408 e. The van der Waals surface area contributed by atoms with Crippen molar-refractivity contribution < 1.29 is 14.3 Å². The van der Waals surface area contributed by atoms with Crippen molar-refractivity contribution in [3.05, 3.63) is 48.7 Å². The summed E-state index contributed by atoms with van der Waals surface area (Å²) in [5, 5.41) is 4.05. The van der Waals surface area contributed by atoms with E-state index >= 15 is 0 Å². The average Bonchev–Trinajstić information content (AvgIpc) is 2.93. The fraction of sp³-hybridized carbons (Fsp3) is 0.657. The molecule has 220 valence electrons. The fourth-order valence-corrected chi connectivity index (χ4v) is 9.68. The minimum Gasteiger partial charge on any atom is -0.493 e. The standard InChI is InChI=1S/C35H47N3O3/c1-5-25-20-38-11-9-26(25)15-31(38)32(41-33(39)37-34(2,3)4)28-8-10-36-30-7-6-27(16-29(28)30)40-21-35-17-22-12-23(18-35)14-24(13-22)19-35/h5-8,10,16,22-26,31-32H,1,9,11-15,17-21H2,2-4H3,(H,37,39)/t22?,23?,24?,25-,26-,31-,32+,35?/m0/s1. The molecule has 7 aliphatic rings. The summed E-state index contributed by atoms with van der Waals surface area (Å²) in [6, 6.07) is 8.47. The van der Waals surface area contributed by atoms with Gasteiger partial charge in [0.25, 0.3) is 0 Å². The van der Waals surface area contributed by atoms with Crippen molar-refractivity contribution >= 4 is 17.0 Å². The van der Waals surface area contributed by atoms with E-state index in [-0.39, 0.29) is 17.7 Å². The Hall–Kier alpha value is -2.60. The van der Waals surface area contributed by atoms with E-state index in [1.165, 1.54) is 44.9 Å². The number of ether oxygens (including phenoxy) is 2. The Morgan fingerprint density at radius 1 is 1.15 bits per heavy atom. The topological polar surface area (TPSA) is 63.7 Å². The molecular weight excluding hydrogens is 510 g/mol. The third kappa shape index (κ3) is 5.37. The Morgan fingerprint density at radius 3 is 2.51 bits per heavy atom. The SMILES string of the molecule is C=C[C@H]1CN2CC[C@H]1C[C@H]2[C@H](OC(=O)NC(C)(C)C)c1ccnc2ccc(OCC34CC5CC(CC(C5)C3)C4)cc12. The van der Waals surface area contributed by atoms with Crippen molar-refractivity contribution in [1.82, 2.24) is 15.2 Å². The number of pyridine rings is 1. The molecule has 4 heterocycles. The van der Waals surface area contributed by atoms with Gasteiger partial charge >= 0.3 is 6.09 Å². The van der Waals surface area contributed by atoms with Crippen LogP contribution in [0.5, 0.6) is 5.75 Å². The molecule has 0 radical (unpaired) electrons. The lowest BCUT2D eigenvalue weighted by molar-refractivity contribution is -0.0745. The Labute approximate surface area is 245 Å². The molecule has 5 atom stereocenters. The number of hydrogen-bond donors (Lipinski definition) is 1. The first kappa shape index (κ1) is 27.2. The molecule has 4 aliphatic carbocycles. The predicted octanol–water partition coefficient (Wildman–Crippen LogP) is 7.29. The predicted molar refractivity (Wildman–Crippen MR) is 162 cm³/mol. The van der Waals surface area contributed by atoms with Crippen LogP contribution in [0.4, 0.5) is 4.79 Å². The Kier molecular flexibility index (Phi) is 6.84. The molecule has 9 rings (SSSR count). The number of rotatable bonds is 7. The highest BCUT2D eigenvalue weighted by molar-refractivity contribution is 5.84. The van der Waals surface area contributed by atoms with E-state index in [1.807, 2.05) is 27.0 Å². The molecule has 1 aromatic carbocycles. The van der Waals surface area contributed by atoms with Crippen molar-refractivity contribution in [2.24, 2.45) is 35.0 Å². The van der Waals surface area contributed by atoms with Gasteiger partial charge in [-0.3, -0.25) is 9.88 Å². The van der Waals surface area contributed by atoms with Crippen LogP contribution in [-0.4, -0.2) is 47.3 Å². The quantitative estimate of drug-likeness (QED) is 0.362. The minimum absolute atomic E-state index is 0.123. The first-order valence-corrected chi connectivity index (χ1v) is 16.0. The lowest BCUT2D eigenvalue weighted by atomic mass is 9.50. The number of fused-ring (bicyclic) bond motifs is 4. The molecule has 0 spiro atoms. The Bertz CT molecular complexity index is 1280. The maximum atomic E-state index is 13.2. The molecule has 3 saturated heterocycles. The summed E-state index contributed by atoms with van der Waals surface area (Å²) >= 11 is 0. The monoisotopic (exact) mass is 557 g/mol. The van der Waals surface area contributed by atoms with E-state index in [0.29, 0.717) is 17.3 Å². The van der Waals surface area contributed by atoms with Crippen LogP contribution >= 0.6 is 0 Å². The van der Waals surface area contributed by atoms with Crippen LogP contribution in [0, 0.1) is 35.0 Å². The molecule has 1 unspecified atom stereocenters. The van der Waals surface area contributed by atoms with Crippen molar-refractivity contribution in [2.75, 3.05) is 19.7 Å². The smallest absolute Gasteiger partial charge is 0.408 e. The van der Waals surface area contributed by atoms with Crippen molar-refractivity contribution in [2.45, 2.75) is 89.8 Å². The molecule has 7 fully saturated rings. The van der Waals surface area contributed by atoms with Crippen molar-refractivity contribution in [1.29, 1.82) is 0 Å². The van der Waals surface area contributed by atoms with Gasteiger partial charge in [0.1, 0.15) is 11.9 Å². The Balaban J connectivity index is 1.18. The first-order chi connectivity index (χ1) is 19.7. The number of amides is 1. The van der Waals surface area contributed by atoms with Gasteiger partial charge in [-0.25, -0.2) is 4.79 Å². The number of benzene rings is 1. The van der Waals surface area contributed by atoms with Crippen LogP contribution in [0.3, 0.4) is 0 Å². The molecule has 4 saturated carbocycles. The zero-order valence-electron chi connectivity index (χ0n) is 25.1. The van der Waals surface area contributed by atoms with E-state index in [2.05, 4.69) is 47.1 Å². The van der Waals surface area contributed by atoms with E-state index in [9.17, 15) is 4.79 Å². The number of carbonyl (C=O) groups is 1. The fourth-order valence-electron chi connectivity index (χ4n) is 9.68. The normalized spacial score (nSPS) is 36.2. The molecular formula is C35H47N3O3. The highest BCUT2D eigenvalue weighted by Crippen LogP contribution is 2.60. The van der Waals surface area contributed by atoms with E-state index in [4.69, 9.17) is 14.5 Å². The van der Waals surface area contributed by atoms with Gasteiger partial charge in [0, 0.05) is 34.6 Å². The second-order valence-corrected chi connectivity index (χ2v) is 15.2. The second kappa shape index (κ2) is 10.3. The number of nitrogens with zero attached hydrogens (tertiary/aromatic N) is 2. The van der Waals surface area contributed by atoms with Gasteiger partial charge in [-0.05, 0) is 133 Å². The lowest BCUT2D eigenvalue weighted by Crippen LogP contribution is -2.56. The highest BCUT2D eigenvalue weighted by atomic mass is 16.6. The lowest BCUT2D eigenvalue weighted by Gasteiger charge is -2.56. The molecule has 6 bridgehead atoms. The summed E-state index contributed by atoms with van der Waals surface area (Å²) in [5.41, 5.74) is 1.91. The molecule has 3 aliphatic heterocycles. The van der Waals surface area contributed by atoms with Gasteiger partial charge < -0.3 is 14.8 Å². The summed E-state index contributed by atoms with van der Waals surface area (Å²) in [5.74, 6) is 4.72. The molecule has 6 heteroatoms. The zero-order valence-corrected chi connectivity index (χ0v) is 25.1. The molecule has 1 N–H and O–H groups in total. The third-order valence-corrected chi connectivity index (χ3v) is 11.0. The summed E-state index contributed by atoms with van der Waals surface area (Å²) in [6.45, 7) is 12.9. The molecule has 6 nitrogen and oxygen atoms in total. The van der Waals surface area contributed by atoms with Crippen LogP contribution < -0.4 is 10.1 Å². The third-order valence-electron chi connectivity index (χ3n) is 11.0. The second-order valence-electron chi connectivity index (χ2n) is 15.2. The van der Waals surface area contributed by atoms with Gasteiger partial charge in [-0.2, -0.15) is 0 Å². The summed E-state index contributed by atoms with van der Waals surface area (Å²) in [4.78, 5) is 20.4. The van der Waals surface area contributed by atoms with Crippen molar-refractivity contribution in [3.8, 4) is 5.75 Å². The van der Waals surface area contributed by atoms with Crippen LogP contribution in [0.15, 0.2) is 43.1 Å². The average molecular weight is 558 g/mol. The number of carbonyl (C=O) groups excluding carboxylic acids is 1. The number of nitrogens with one attached hydrogen (secondary N) is 1. The maximum absolute atomic E-state index is 13.2. The zero-order chi connectivity index (χ0) is 28.4. The van der Waals surface area contributed by atoms with Crippen LogP contribution in [0.1, 0.15) is 83.8 Å². The number of hydrogen-bond acceptors (Lipinski definition) is 5. The molecule has 1 amide bonds. The van der Waals surface area contributed by atoms with Gasteiger partial charge in [-0.15, -0.1) is 6.58 Å². The van der Waals surface area contributed by atoms with E-state index < -0.39 is 6.10 Å². The number of alkyl carbamates (subject to hydrolysis) is 1. The van der Waals surface area contributed by atoms with Gasteiger partial charge in [-0.1, -0.05) is 6.08 Å². The Morgan fingerprint density at radius 2 is 1.88 bits per heavy atom. The first-order valence-electron chi connectivity index (χ1n) is 16.0. The van der Waals surface area contributed by atoms with Gasteiger partial charge in [0.05, 0.1) is 18.2 Å².